The van der Waals surface area contributed by atoms with E-state index in [-0.39, 0.29) is 28.8 Å². The Morgan fingerprint density at radius 1 is 0.914 bits per heavy atom. The molecule has 5 saturated carbocycles. The second-order valence-corrected chi connectivity index (χ2v) is 14.4. The van der Waals surface area contributed by atoms with Crippen molar-refractivity contribution in [2.45, 2.75) is 105 Å². The standard InChI is InChI=1S/C30H48O5/c1-17(2)18-9-12-26(3)19(18)10-13-27(4)21(26)7-8-22-28(27,5)15-20(32)24-29(6,25(34)35)23(33)11-14-30(22,24)16-31/h18-24,31-33H,1,7-16H2,2-6H3,(H,34,35)/t18-,19+,20-,21-,22+,23+,24+,26+,27-,28-,29-,30+/m1/s1. The first-order chi connectivity index (χ1) is 16.2. The highest BCUT2D eigenvalue weighted by atomic mass is 16.4. The van der Waals surface area contributed by atoms with Crippen molar-refractivity contribution in [1.29, 1.82) is 0 Å². The Labute approximate surface area is 211 Å². The topological polar surface area (TPSA) is 98.0 Å². The molecule has 0 aliphatic heterocycles. The maximum atomic E-state index is 12.6. The summed E-state index contributed by atoms with van der Waals surface area (Å²) in [5.74, 6) is 0.270. The van der Waals surface area contributed by atoms with E-state index in [9.17, 15) is 25.2 Å². The first kappa shape index (κ1) is 25.7. The van der Waals surface area contributed by atoms with E-state index in [1.54, 1.807) is 6.92 Å². The molecule has 5 aliphatic rings. The molecule has 0 saturated heterocycles. The van der Waals surface area contributed by atoms with Crippen molar-refractivity contribution < 1.29 is 25.2 Å². The van der Waals surface area contributed by atoms with E-state index in [0.717, 1.165) is 19.3 Å². The van der Waals surface area contributed by atoms with Gasteiger partial charge >= 0.3 is 5.97 Å². The number of allylic oxidation sites excluding steroid dienone is 1. The number of aliphatic hydroxyl groups excluding tert-OH is 3. The SMILES string of the molecule is C=C(C)[C@H]1CC[C@]2(C)[C@H]3CC[C@@H]4[C@@]5(CO)CC[C@H](O)[C@@](C)(C(=O)O)[C@@H]5[C@H](O)C[C@@]4(C)[C@]3(C)CC[C@@H]12. The molecule has 198 valence electrons. The van der Waals surface area contributed by atoms with E-state index < -0.39 is 34.9 Å². The van der Waals surface area contributed by atoms with E-state index in [1.807, 2.05) is 0 Å². The zero-order valence-corrected chi connectivity index (χ0v) is 22.5. The van der Waals surface area contributed by atoms with Crippen LogP contribution in [0.25, 0.3) is 0 Å². The normalized spacial score (nSPS) is 57.4. The number of fused-ring (bicyclic) bond motifs is 7. The summed E-state index contributed by atoms with van der Waals surface area (Å²) in [6.07, 6.45) is 6.45. The molecule has 5 nitrogen and oxygen atoms in total. The minimum atomic E-state index is -1.46. The lowest BCUT2D eigenvalue weighted by Gasteiger charge is -2.74. The van der Waals surface area contributed by atoms with Gasteiger partial charge in [0.15, 0.2) is 0 Å². The van der Waals surface area contributed by atoms with Gasteiger partial charge in [-0.1, -0.05) is 32.9 Å². The van der Waals surface area contributed by atoms with E-state index in [0.29, 0.717) is 37.0 Å². The number of aliphatic carboxylic acids is 1. The van der Waals surface area contributed by atoms with E-state index in [4.69, 9.17) is 0 Å². The molecule has 35 heavy (non-hydrogen) atoms. The van der Waals surface area contributed by atoms with Gasteiger partial charge in [0.25, 0.3) is 0 Å². The summed E-state index contributed by atoms with van der Waals surface area (Å²) in [7, 11) is 0. The summed E-state index contributed by atoms with van der Waals surface area (Å²) in [6.45, 7) is 15.4. The lowest BCUT2D eigenvalue weighted by Crippen LogP contribution is -2.72. The molecule has 5 rings (SSSR count). The van der Waals surface area contributed by atoms with Crippen LogP contribution in [0.2, 0.25) is 0 Å². The average Bonchev–Trinajstić information content (AvgIpc) is 3.13. The van der Waals surface area contributed by atoms with Gasteiger partial charge in [-0.15, -0.1) is 0 Å². The molecule has 12 atom stereocenters. The monoisotopic (exact) mass is 488 g/mol. The third kappa shape index (κ3) is 2.90. The van der Waals surface area contributed by atoms with Crippen LogP contribution in [-0.2, 0) is 4.79 Å². The first-order valence-electron chi connectivity index (χ1n) is 14.1. The Morgan fingerprint density at radius 2 is 1.57 bits per heavy atom. The molecule has 0 amide bonds. The molecule has 0 spiro atoms. The average molecular weight is 489 g/mol. The predicted octanol–water partition coefficient (Wildman–Crippen LogP) is 5.03. The van der Waals surface area contributed by atoms with Crippen LogP contribution in [0.15, 0.2) is 12.2 Å². The van der Waals surface area contributed by atoms with Crippen molar-refractivity contribution in [2.75, 3.05) is 6.61 Å². The van der Waals surface area contributed by atoms with Gasteiger partial charge in [-0.2, -0.15) is 0 Å². The smallest absolute Gasteiger partial charge is 0.312 e. The van der Waals surface area contributed by atoms with Crippen molar-refractivity contribution in [1.82, 2.24) is 0 Å². The van der Waals surface area contributed by atoms with Crippen LogP contribution in [0, 0.1) is 56.7 Å². The van der Waals surface area contributed by atoms with Crippen molar-refractivity contribution in [2.24, 2.45) is 56.7 Å². The molecular weight excluding hydrogens is 440 g/mol. The van der Waals surface area contributed by atoms with Crippen LogP contribution >= 0.6 is 0 Å². The van der Waals surface area contributed by atoms with Crippen molar-refractivity contribution in [3.8, 4) is 0 Å². The molecule has 5 fully saturated rings. The Morgan fingerprint density at radius 3 is 2.17 bits per heavy atom. The number of rotatable bonds is 3. The fourth-order valence-electron chi connectivity index (χ4n) is 11.9. The van der Waals surface area contributed by atoms with Gasteiger partial charge in [0.1, 0.15) is 0 Å². The van der Waals surface area contributed by atoms with Crippen LogP contribution in [0.4, 0.5) is 0 Å². The van der Waals surface area contributed by atoms with Crippen LogP contribution in [0.5, 0.6) is 0 Å². The van der Waals surface area contributed by atoms with E-state index in [2.05, 4.69) is 34.3 Å². The zero-order chi connectivity index (χ0) is 25.8. The van der Waals surface area contributed by atoms with Crippen molar-refractivity contribution in [3.05, 3.63) is 12.2 Å². The Hall–Kier alpha value is -0.910. The second-order valence-electron chi connectivity index (χ2n) is 14.4. The lowest BCUT2D eigenvalue weighted by atomic mass is 9.31. The van der Waals surface area contributed by atoms with Gasteiger partial charge in [0.05, 0.1) is 17.6 Å². The highest BCUT2D eigenvalue weighted by Gasteiger charge is 2.74. The third-order valence-electron chi connectivity index (χ3n) is 13.6. The number of aliphatic hydroxyl groups is 3. The van der Waals surface area contributed by atoms with Gasteiger partial charge in [-0.05, 0) is 112 Å². The molecule has 4 N–H and O–H groups in total. The molecule has 5 heteroatoms. The predicted molar refractivity (Wildman–Crippen MR) is 135 cm³/mol. The summed E-state index contributed by atoms with van der Waals surface area (Å²) in [4.78, 5) is 12.6. The zero-order valence-electron chi connectivity index (χ0n) is 22.5. The van der Waals surface area contributed by atoms with Gasteiger partial charge in [-0.3, -0.25) is 4.79 Å². The highest BCUT2D eigenvalue weighted by Crippen LogP contribution is 2.78. The van der Waals surface area contributed by atoms with Crippen molar-refractivity contribution in [3.63, 3.8) is 0 Å². The quantitative estimate of drug-likeness (QED) is 0.418. The molecule has 0 heterocycles. The summed E-state index contributed by atoms with van der Waals surface area (Å²) < 4.78 is 0. The highest BCUT2D eigenvalue weighted by molar-refractivity contribution is 5.76. The van der Waals surface area contributed by atoms with Crippen LogP contribution in [0.3, 0.4) is 0 Å². The number of carbonyl (C=O) groups is 1. The van der Waals surface area contributed by atoms with Crippen molar-refractivity contribution >= 4 is 5.97 Å². The Balaban J connectivity index is 1.59. The summed E-state index contributed by atoms with van der Waals surface area (Å²) in [5, 5.41) is 44.0. The fourth-order valence-corrected chi connectivity index (χ4v) is 11.9. The molecule has 0 unspecified atom stereocenters. The van der Waals surface area contributed by atoms with Gasteiger partial charge in [0, 0.05) is 17.9 Å². The lowest BCUT2D eigenvalue weighted by molar-refractivity contribution is -0.290. The number of hydrogen-bond donors (Lipinski definition) is 4. The molecular formula is C30H48O5. The molecule has 0 aromatic rings. The maximum Gasteiger partial charge on any atom is 0.312 e. The number of carboxylic acids is 1. The van der Waals surface area contributed by atoms with E-state index in [1.165, 1.54) is 24.8 Å². The molecule has 5 aliphatic carbocycles. The fraction of sp³-hybridized carbons (Fsp3) is 0.900. The maximum absolute atomic E-state index is 12.6. The Bertz CT molecular complexity index is 916. The largest absolute Gasteiger partial charge is 0.481 e. The Kier molecular flexibility index (Phi) is 5.73. The number of carboxylic acid groups (broad SMARTS) is 1. The molecule has 0 aromatic carbocycles. The summed E-state index contributed by atoms with van der Waals surface area (Å²) in [6, 6.07) is 0. The molecule has 0 bridgehead atoms. The van der Waals surface area contributed by atoms with Crippen LogP contribution in [-0.4, -0.2) is 45.2 Å². The van der Waals surface area contributed by atoms with Gasteiger partial charge in [-0.25, -0.2) is 0 Å². The van der Waals surface area contributed by atoms with Gasteiger partial charge in [0.2, 0.25) is 0 Å². The summed E-state index contributed by atoms with van der Waals surface area (Å²) >= 11 is 0. The van der Waals surface area contributed by atoms with Crippen LogP contribution < -0.4 is 0 Å². The minimum absolute atomic E-state index is 0.0228. The summed E-state index contributed by atoms with van der Waals surface area (Å²) in [5.41, 5.74) is -0.715. The van der Waals surface area contributed by atoms with Crippen LogP contribution in [0.1, 0.15) is 92.4 Å². The second kappa shape index (κ2) is 7.80. The number of hydrogen-bond acceptors (Lipinski definition) is 4. The van der Waals surface area contributed by atoms with E-state index >= 15 is 0 Å². The third-order valence-corrected chi connectivity index (χ3v) is 13.6. The van der Waals surface area contributed by atoms with Gasteiger partial charge < -0.3 is 20.4 Å². The molecule has 0 radical (unpaired) electrons. The first-order valence-corrected chi connectivity index (χ1v) is 14.1. The minimum Gasteiger partial charge on any atom is -0.481 e. The molecule has 0 aromatic heterocycles.